The Kier molecular flexibility index (Phi) is 4.79. The van der Waals surface area contributed by atoms with Crippen LogP contribution in [0.15, 0.2) is 48.5 Å². The van der Waals surface area contributed by atoms with Gasteiger partial charge < -0.3 is 4.74 Å². The first-order valence-electron chi connectivity index (χ1n) is 5.89. The highest BCUT2D eigenvalue weighted by molar-refractivity contribution is 14.1. The van der Waals surface area contributed by atoms with Crippen molar-refractivity contribution in [1.29, 1.82) is 0 Å². The number of carbonyl (C=O) groups excluding carboxylic acids is 1. The Bertz CT molecular complexity index is 570. The zero-order valence-electron chi connectivity index (χ0n) is 10.5. The van der Waals surface area contributed by atoms with Crippen LogP contribution in [0.1, 0.15) is 11.1 Å². The maximum absolute atomic E-state index is 11.7. The van der Waals surface area contributed by atoms with E-state index >= 15 is 0 Å². The van der Waals surface area contributed by atoms with Crippen LogP contribution < -0.4 is 5.32 Å². The van der Waals surface area contributed by atoms with E-state index in [0.29, 0.717) is 0 Å². The van der Waals surface area contributed by atoms with E-state index in [-0.39, 0.29) is 6.61 Å². The van der Waals surface area contributed by atoms with Crippen molar-refractivity contribution in [3.05, 3.63) is 63.2 Å². The molecule has 0 spiro atoms. The van der Waals surface area contributed by atoms with Gasteiger partial charge in [0.15, 0.2) is 0 Å². The molecule has 3 nitrogen and oxygen atoms in total. The monoisotopic (exact) mass is 367 g/mol. The summed E-state index contributed by atoms with van der Waals surface area (Å²) in [6.45, 7) is 2.23. The SMILES string of the molecule is Cc1cc(I)ccc1NC(=O)OCc1ccccc1. The van der Waals surface area contributed by atoms with Gasteiger partial charge in [0.05, 0.1) is 0 Å². The third-order valence-corrected chi connectivity index (χ3v) is 3.31. The molecule has 19 heavy (non-hydrogen) atoms. The number of anilines is 1. The van der Waals surface area contributed by atoms with Crippen molar-refractivity contribution in [1.82, 2.24) is 0 Å². The summed E-state index contributed by atoms with van der Waals surface area (Å²) in [6, 6.07) is 15.4. The minimum atomic E-state index is -0.437. The van der Waals surface area contributed by atoms with Gasteiger partial charge in [0.25, 0.3) is 0 Å². The Morgan fingerprint density at radius 1 is 1.21 bits per heavy atom. The number of hydrogen-bond acceptors (Lipinski definition) is 2. The fourth-order valence-electron chi connectivity index (χ4n) is 1.64. The van der Waals surface area contributed by atoms with Crippen LogP contribution in [0.5, 0.6) is 0 Å². The van der Waals surface area contributed by atoms with Crippen molar-refractivity contribution >= 4 is 34.4 Å². The minimum Gasteiger partial charge on any atom is -0.444 e. The van der Waals surface area contributed by atoms with Crippen molar-refractivity contribution in [3.8, 4) is 0 Å². The number of ether oxygens (including phenoxy) is 1. The Hall–Kier alpha value is -1.56. The van der Waals surface area contributed by atoms with Gasteiger partial charge in [0.1, 0.15) is 6.61 Å². The van der Waals surface area contributed by atoms with Gasteiger partial charge in [-0.3, -0.25) is 5.32 Å². The molecule has 0 fully saturated rings. The minimum absolute atomic E-state index is 0.274. The van der Waals surface area contributed by atoms with Gasteiger partial charge in [0, 0.05) is 9.26 Å². The molecule has 0 aliphatic rings. The van der Waals surface area contributed by atoms with Crippen LogP contribution in [0.3, 0.4) is 0 Å². The predicted octanol–water partition coefficient (Wildman–Crippen LogP) is 4.35. The Morgan fingerprint density at radius 3 is 2.63 bits per heavy atom. The number of carbonyl (C=O) groups is 1. The van der Waals surface area contributed by atoms with E-state index < -0.39 is 6.09 Å². The van der Waals surface area contributed by atoms with Crippen molar-refractivity contribution in [2.75, 3.05) is 5.32 Å². The summed E-state index contributed by atoms with van der Waals surface area (Å²) in [7, 11) is 0. The van der Waals surface area contributed by atoms with Crippen LogP contribution in [0.25, 0.3) is 0 Å². The summed E-state index contributed by atoms with van der Waals surface area (Å²) in [5.41, 5.74) is 2.76. The molecule has 4 heteroatoms. The van der Waals surface area contributed by atoms with E-state index in [1.165, 1.54) is 0 Å². The summed E-state index contributed by atoms with van der Waals surface area (Å²) >= 11 is 2.24. The van der Waals surface area contributed by atoms with E-state index in [2.05, 4.69) is 27.9 Å². The van der Waals surface area contributed by atoms with Gasteiger partial charge in [-0.05, 0) is 58.8 Å². The number of hydrogen-bond donors (Lipinski definition) is 1. The van der Waals surface area contributed by atoms with Gasteiger partial charge in [0.2, 0.25) is 0 Å². The average Bonchev–Trinajstić information content (AvgIpc) is 2.41. The number of halogens is 1. The molecule has 0 atom stereocenters. The predicted molar refractivity (Wildman–Crippen MR) is 84.1 cm³/mol. The molecule has 0 saturated heterocycles. The van der Waals surface area contributed by atoms with E-state index in [1.807, 2.05) is 55.5 Å². The number of amides is 1. The first-order chi connectivity index (χ1) is 9.15. The number of aryl methyl sites for hydroxylation is 1. The smallest absolute Gasteiger partial charge is 0.411 e. The average molecular weight is 367 g/mol. The molecule has 0 bridgehead atoms. The van der Waals surface area contributed by atoms with Crippen molar-refractivity contribution in [3.63, 3.8) is 0 Å². The maximum atomic E-state index is 11.7. The molecule has 0 unspecified atom stereocenters. The van der Waals surface area contributed by atoms with Gasteiger partial charge >= 0.3 is 6.09 Å². The Labute approximate surface area is 126 Å². The standard InChI is InChI=1S/C15H14INO2/c1-11-9-13(16)7-8-14(11)17-15(18)19-10-12-5-3-2-4-6-12/h2-9H,10H2,1H3,(H,17,18). The summed E-state index contributed by atoms with van der Waals surface area (Å²) in [6.07, 6.45) is -0.437. The lowest BCUT2D eigenvalue weighted by Gasteiger charge is -2.09. The second-order valence-electron chi connectivity index (χ2n) is 4.15. The van der Waals surface area contributed by atoms with Gasteiger partial charge in [-0.1, -0.05) is 30.3 Å². The summed E-state index contributed by atoms with van der Waals surface area (Å²) in [4.78, 5) is 11.7. The van der Waals surface area contributed by atoms with Crippen LogP contribution in [0.4, 0.5) is 10.5 Å². The first-order valence-corrected chi connectivity index (χ1v) is 6.97. The molecule has 1 N–H and O–H groups in total. The number of rotatable bonds is 3. The molecule has 98 valence electrons. The third-order valence-electron chi connectivity index (χ3n) is 2.64. The Morgan fingerprint density at radius 2 is 1.95 bits per heavy atom. The molecule has 1 amide bonds. The molecule has 2 rings (SSSR count). The topological polar surface area (TPSA) is 38.3 Å². The molecule has 0 aliphatic heterocycles. The molecule has 2 aromatic rings. The number of nitrogens with one attached hydrogen (secondary N) is 1. The maximum Gasteiger partial charge on any atom is 0.411 e. The fraction of sp³-hybridized carbons (Fsp3) is 0.133. The second kappa shape index (κ2) is 6.56. The van der Waals surface area contributed by atoms with Crippen molar-refractivity contribution in [2.45, 2.75) is 13.5 Å². The molecule has 0 aliphatic carbocycles. The molecule has 2 aromatic carbocycles. The highest BCUT2D eigenvalue weighted by atomic mass is 127. The van der Waals surface area contributed by atoms with Crippen LogP contribution >= 0.6 is 22.6 Å². The highest BCUT2D eigenvalue weighted by Gasteiger charge is 2.06. The van der Waals surface area contributed by atoms with Gasteiger partial charge in [-0.25, -0.2) is 4.79 Å². The number of benzene rings is 2. The normalized spacial score (nSPS) is 10.0. The molecule has 0 heterocycles. The van der Waals surface area contributed by atoms with Crippen LogP contribution in [0.2, 0.25) is 0 Å². The second-order valence-corrected chi connectivity index (χ2v) is 5.39. The first kappa shape index (κ1) is 13.9. The molecular weight excluding hydrogens is 353 g/mol. The Balaban J connectivity index is 1.91. The van der Waals surface area contributed by atoms with Crippen molar-refractivity contribution in [2.24, 2.45) is 0 Å². The summed E-state index contributed by atoms with van der Waals surface area (Å²) in [5.74, 6) is 0. The zero-order chi connectivity index (χ0) is 13.7. The van der Waals surface area contributed by atoms with E-state index in [4.69, 9.17) is 4.74 Å². The molecular formula is C15H14INO2. The lowest BCUT2D eigenvalue weighted by Crippen LogP contribution is -2.14. The van der Waals surface area contributed by atoms with Gasteiger partial charge in [-0.2, -0.15) is 0 Å². The van der Waals surface area contributed by atoms with Gasteiger partial charge in [-0.15, -0.1) is 0 Å². The molecule has 0 radical (unpaired) electrons. The largest absolute Gasteiger partial charge is 0.444 e. The third kappa shape index (κ3) is 4.24. The van der Waals surface area contributed by atoms with E-state index in [0.717, 1.165) is 20.4 Å². The van der Waals surface area contributed by atoms with Crippen molar-refractivity contribution < 1.29 is 9.53 Å². The summed E-state index contributed by atoms with van der Waals surface area (Å²) in [5, 5.41) is 2.74. The summed E-state index contributed by atoms with van der Waals surface area (Å²) < 4.78 is 6.30. The lowest BCUT2D eigenvalue weighted by molar-refractivity contribution is 0.155. The quantitative estimate of drug-likeness (QED) is 0.820. The highest BCUT2D eigenvalue weighted by Crippen LogP contribution is 2.18. The molecule has 0 aromatic heterocycles. The zero-order valence-corrected chi connectivity index (χ0v) is 12.7. The van der Waals surface area contributed by atoms with Crippen LogP contribution in [-0.2, 0) is 11.3 Å². The van der Waals surface area contributed by atoms with Crippen LogP contribution in [0, 0.1) is 10.5 Å². The van der Waals surface area contributed by atoms with E-state index in [1.54, 1.807) is 0 Å². The van der Waals surface area contributed by atoms with E-state index in [9.17, 15) is 4.79 Å². The fourth-order valence-corrected chi connectivity index (χ4v) is 2.28. The molecule has 0 saturated carbocycles. The van der Waals surface area contributed by atoms with Crippen LogP contribution in [-0.4, -0.2) is 6.09 Å². The lowest BCUT2D eigenvalue weighted by atomic mass is 10.2.